The van der Waals surface area contributed by atoms with Crippen molar-refractivity contribution in [2.45, 2.75) is 19.4 Å². The lowest BCUT2D eigenvalue weighted by Crippen LogP contribution is -2.29. The van der Waals surface area contributed by atoms with Gasteiger partial charge >= 0.3 is 5.97 Å². The molecule has 13 heavy (non-hydrogen) atoms. The SMILES string of the molecule is C[C@H](N)C(=O)OCCc1cccs1. The van der Waals surface area contributed by atoms with E-state index >= 15 is 0 Å². The molecule has 0 aliphatic heterocycles. The Labute approximate surface area is 81.5 Å². The van der Waals surface area contributed by atoms with Crippen molar-refractivity contribution >= 4 is 17.3 Å². The quantitative estimate of drug-likeness (QED) is 0.741. The number of rotatable bonds is 4. The Morgan fingerprint density at radius 2 is 2.54 bits per heavy atom. The fourth-order valence-electron chi connectivity index (χ4n) is 0.838. The summed E-state index contributed by atoms with van der Waals surface area (Å²) < 4.78 is 4.92. The molecule has 3 nitrogen and oxygen atoms in total. The second-order valence-corrected chi connectivity index (χ2v) is 3.82. The highest BCUT2D eigenvalue weighted by molar-refractivity contribution is 7.09. The molecule has 1 aromatic rings. The minimum atomic E-state index is -0.525. The third-order valence-corrected chi connectivity index (χ3v) is 2.48. The molecule has 2 N–H and O–H groups in total. The molecular weight excluding hydrogens is 186 g/mol. The molecule has 0 spiro atoms. The Morgan fingerprint density at radius 3 is 3.08 bits per heavy atom. The lowest BCUT2D eigenvalue weighted by molar-refractivity contribution is -0.144. The molecule has 1 aromatic heterocycles. The van der Waals surface area contributed by atoms with E-state index in [2.05, 4.69) is 0 Å². The molecule has 0 saturated heterocycles. The summed E-state index contributed by atoms with van der Waals surface area (Å²) >= 11 is 1.66. The lowest BCUT2D eigenvalue weighted by Gasteiger charge is -2.05. The van der Waals surface area contributed by atoms with Crippen molar-refractivity contribution in [1.29, 1.82) is 0 Å². The van der Waals surface area contributed by atoms with Crippen molar-refractivity contribution < 1.29 is 9.53 Å². The molecule has 0 radical (unpaired) electrons. The average Bonchev–Trinajstić information content (AvgIpc) is 2.56. The van der Waals surface area contributed by atoms with Crippen molar-refractivity contribution in [3.63, 3.8) is 0 Å². The summed E-state index contributed by atoms with van der Waals surface area (Å²) in [6, 6.07) is 3.47. The van der Waals surface area contributed by atoms with Crippen LogP contribution in [-0.4, -0.2) is 18.6 Å². The Hall–Kier alpha value is -0.870. The third-order valence-electron chi connectivity index (χ3n) is 1.54. The van der Waals surface area contributed by atoms with Crippen molar-refractivity contribution in [2.75, 3.05) is 6.61 Å². The third kappa shape index (κ3) is 3.57. The molecule has 0 fully saturated rings. The number of thiophene rings is 1. The fourth-order valence-corrected chi connectivity index (χ4v) is 1.53. The van der Waals surface area contributed by atoms with E-state index in [0.29, 0.717) is 6.61 Å². The monoisotopic (exact) mass is 199 g/mol. The van der Waals surface area contributed by atoms with E-state index in [1.54, 1.807) is 18.3 Å². The molecule has 0 aromatic carbocycles. The van der Waals surface area contributed by atoms with Crippen LogP contribution >= 0.6 is 11.3 Å². The highest BCUT2D eigenvalue weighted by atomic mass is 32.1. The fraction of sp³-hybridized carbons (Fsp3) is 0.444. The molecule has 1 atom stereocenters. The number of hydrogen-bond donors (Lipinski definition) is 1. The van der Waals surface area contributed by atoms with Gasteiger partial charge < -0.3 is 10.5 Å². The predicted octanol–water partition coefficient (Wildman–Crippen LogP) is 1.18. The molecule has 1 heterocycles. The molecule has 0 amide bonds. The van der Waals surface area contributed by atoms with Crippen LogP contribution in [-0.2, 0) is 16.0 Å². The zero-order chi connectivity index (χ0) is 9.68. The average molecular weight is 199 g/mol. The van der Waals surface area contributed by atoms with Crippen LogP contribution in [0.4, 0.5) is 0 Å². The van der Waals surface area contributed by atoms with Gasteiger partial charge in [0.05, 0.1) is 6.61 Å². The van der Waals surface area contributed by atoms with Gasteiger partial charge in [0, 0.05) is 11.3 Å². The summed E-state index contributed by atoms with van der Waals surface area (Å²) in [5.74, 6) is -0.337. The number of hydrogen-bond acceptors (Lipinski definition) is 4. The minimum absolute atomic E-state index is 0.337. The summed E-state index contributed by atoms with van der Waals surface area (Å²) in [7, 11) is 0. The van der Waals surface area contributed by atoms with Gasteiger partial charge in [-0.2, -0.15) is 0 Å². The van der Waals surface area contributed by atoms with Crippen LogP contribution in [0.25, 0.3) is 0 Å². The van der Waals surface area contributed by atoms with E-state index in [0.717, 1.165) is 6.42 Å². The van der Waals surface area contributed by atoms with Gasteiger partial charge in [-0.1, -0.05) is 6.07 Å². The van der Waals surface area contributed by atoms with E-state index in [1.807, 2.05) is 17.5 Å². The number of esters is 1. The van der Waals surface area contributed by atoms with Crippen molar-refractivity contribution in [3.05, 3.63) is 22.4 Å². The van der Waals surface area contributed by atoms with Crippen LogP contribution in [0.2, 0.25) is 0 Å². The van der Waals surface area contributed by atoms with Crippen molar-refractivity contribution in [2.24, 2.45) is 5.73 Å². The summed E-state index contributed by atoms with van der Waals surface area (Å²) in [5, 5.41) is 2.00. The van der Waals surface area contributed by atoms with Crippen LogP contribution in [0.1, 0.15) is 11.8 Å². The maximum Gasteiger partial charge on any atom is 0.322 e. The summed E-state index contributed by atoms with van der Waals surface area (Å²) in [6.07, 6.45) is 0.774. The van der Waals surface area contributed by atoms with Gasteiger partial charge in [-0.3, -0.25) is 4.79 Å². The van der Waals surface area contributed by atoms with Gasteiger partial charge in [-0.25, -0.2) is 0 Å². The van der Waals surface area contributed by atoms with Gasteiger partial charge in [-0.15, -0.1) is 11.3 Å². The van der Waals surface area contributed by atoms with Crippen LogP contribution < -0.4 is 5.73 Å². The van der Waals surface area contributed by atoms with Crippen LogP contribution in [0.15, 0.2) is 17.5 Å². The first kappa shape index (κ1) is 10.2. The number of carbonyl (C=O) groups excluding carboxylic acids is 1. The van der Waals surface area contributed by atoms with E-state index in [9.17, 15) is 4.79 Å². The standard InChI is InChI=1S/C9H13NO2S/c1-7(10)9(11)12-5-4-8-3-2-6-13-8/h2-3,6-7H,4-5,10H2,1H3/t7-/m0/s1. The molecule has 0 aliphatic carbocycles. The predicted molar refractivity (Wildman–Crippen MR) is 52.6 cm³/mol. The van der Waals surface area contributed by atoms with Crippen molar-refractivity contribution in [3.8, 4) is 0 Å². The second-order valence-electron chi connectivity index (χ2n) is 2.79. The first-order valence-corrected chi connectivity index (χ1v) is 5.02. The van der Waals surface area contributed by atoms with Crippen LogP contribution in [0.3, 0.4) is 0 Å². The number of nitrogens with two attached hydrogens (primary N) is 1. The Morgan fingerprint density at radius 1 is 1.77 bits per heavy atom. The summed E-state index contributed by atoms with van der Waals surface area (Å²) in [4.78, 5) is 12.1. The normalized spacial score (nSPS) is 12.5. The van der Waals surface area contributed by atoms with E-state index in [1.165, 1.54) is 4.88 Å². The first-order chi connectivity index (χ1) is 6.20. The topological polar surface area (TPSA) is 52.3 Å². The largest absolute Gasteiger partial charge is 0.464 e. The molecule has 0 aliphatic rings. The highest BCUT2D eigenvalue weighted by Gasteiger charge is 2.07. The van der Waals surface area contributed by atoms with Gasteiger partial charge in [0.2, 0.25) is 0 Å². The van der Waals surface area contributed by atoms with E-state index in [4.69, 9.17) is 10.5 Å². The summed E-state index contributed by atoms with van der Waals surface area (Å²) in [6.45, 7) is 2.04. The zero-order valence-electron chi connectivity index (χ0n) is 7.53. The number of ether oxygens (including phenoxy) is 1. The van der Waals surface area contributed by atoms with E-state index < -0.39 is 6.04 Å². The zero-order valence-corrected chi connectivity index (χ0v) is 8.34. The highest BCUT2D eigenvalue weighted by Crippen LogP contribution is 2.08. The van der Waals surface area contributed by atoms with Crippen LogP contribution in [0, 0.1) is 0 Å². The van der Waals surface area contributed by atoms with Gasteiger partial charge in [0.25, 0.3) is 0 Å². The molecule has 0 bridgehead atoms. The van der Waals surface area contributed by atoms with Crippen LogP contribution in [0.5, 0.6) is 0 Å². The Kier molecular flexibility index (Phi) is 3.92. The maximum atomic E-state index is 10.9. The van der Waals surface area contributed by atoms with Gasteiger partial charge in [0.1, 0.15) is 6.04 Å². The Bertz CT molecular complexity index is 257. The molecular formula is C9H13NO2S. The van der Waals surface area contributed by atoms with Gasteiger partial charge in [0.15, 0.2) is 0 Å². The second kappa shape index (κ2) is 4.99. The number of carbonyl (C=O) groups is 1. The first-order valence-electron chi connectivity index (χ1n) is 4.15. The maximum absolute atomic E-state index is 10.9. The molecule has 72 valence electrons. The van der Waals surface area contributed by atoms with Gasteiger partial charge in [-0.05, 0) is 18.4 Å². The smallest absolute Gasteiger partial charge is 0.322 e. The molecule has 1 rings (SSSR count). The van der Waals surface area contributed by atoms with Crippen molar-refractivity contribution in [1.82, 2.24) is 0 Å². The van der Waals surface area contributed by atoms with E-state index in [-0.39, 0.29) is 5.97 Å². The lowest BCUT2D eigenvalue weighted by atomic mass is 10.3. The molecule has 0 unspecified atom stereocenters. The minimum Gasteiger partial charge on any atom is -0.464 e. The summed E-state index contributed by atoms with van der Waals surface area (Å²) in [5.41, 5.74) is 5.32. The molecule has 0 saturated carbocycles. The Balaban J connectivity index is 2.18. The molecule has 4 heteroatoms.